The van der Waals surface area contributed by atoms with Gasteiger partial charge in [-0.05, 0) is 111 Å². The lowest BCUT2D eigenvalue weighted by atomic mass is 9.51. The molecule has 2 heterocycles. The zero-order valence-electron chi connectivity index (χ0n) is 29.4. The van der Waals surface area contributed by atoms with Crippen molar-refractivity contribution in [1.82, 2.24) is 0 Å². The minimum atomic E-state index is -1.39. The third-order valence-corrected chi connectivity index (χ3v) is 12.3. The van der Waals surface area contributed by atoms with Crippen molar-refractivity contribution in [2.45, 2.75) is 25.7 Å². The standard InChI is InChI=1S/C41H34BrClFN5O5/c1-41-31(38(52)49(40(41)54)26-13-16-33(44)32(43)19-26)20-29-27(36(41)30-18-21(42)4-17-34(30)50)14-15-28-35(29)39(53)48(37(28)51)25-11-7-23(8-12-25)46-45-22-5-9-24(10-6-22)47(2)3/h4-14,16-19,28-29,31,35-36,50H,15,20H2,1-3H3. The van der Waals surface area contributed by atoms with Crippen LogP contribution in [0.4, 0.5) is 32.8 Å². The van der Waals surface area contributed by atoms with Crippen LogP contribution in [0.25, 0.3) is 0 Å². The highest BCUT2D eigenvalue weighted by Gasteiger charge is 2.68. The number of allylic oxidation sites excluding steroid dienone is 2. The van der Waals surface area contributed by atoms with E-state index in [0.29, 0.717) is 27.1 Å². The summed E-state index contributed by atoms with van der Waals surface area (Å²) in [6.07, 6.45) is 2.27. The van der Waals surface area contributed by atoms with Crippen molar-refractivity contribution in [2.75, 3.05) is 28.8 Å². The first-order valence-electron chi connectivity index (χ1n) is 17.5. The van der Waals surface area contributed by atoms with Gasteiger partial charge in [0.05, 0.1) is 50.9 Å². The number of benzene rings is 4. The van der Waals surface area contributed by atoms with Gasteiger partial charge in [0.2, 0.25) is 23.6 Å². The maximum absolute atomic E-state index is 14.6. The second-order valence-electron chi connectivity index (χ2n) is 14.6. The van der Waals surface area contributed by atoms with E-state index in [1.54, 1.807) is 43.3 Å². The van der Waals surface area contributed by atoms with Crippen molar-refractivity contribution in [3.63, 3.8) is 0 Å². The summed E-state index contributed by atoms with van der Waals surface area (Å²) in [5.41, 5.74) is 2.51. The lowest BCUT2D eigenvalue weighted by molar-refractivity contribution is -0.131. The van der Waals surface area contributed by atoms with Crippen molar-refractivity contribution >= 4 is 79.6 Å². The molecule has 1 saturated carbocycles. The van der Waals surface area contributed by atoms with E-state index in [0.717, 1.165) is 22.2 Å². The Morgan fingerprint density at radius 3 is 2.13 bits per heavy atom. The Morgan fingerprint density at radius 2 is 1.48 bits per heavy atom. The van der Waals surface area contributed by atoms with E-state index in [9.17, 15) is 28.7 Å². The minimum Gasteiger partial charge on any atom is -0.508 e. The highest BCUT2D eigenvalue weighted by atomic mass is 79.9. The van der Waals surface area contributed by atoms with E-state index in [1.165, 1.54) is 23.1 Å². The summed E-state index contributed by atoms with van der Waals surface area (Å²) in [4.78, 5) is 61.8. The Balaban J connectivity index is 1.14. The number of phenolic OH excluding ortho intramolecular Hbond substituents is 1. The molecular formula is C41H34BrClFN5O5. The number of carbonyl (C=O) groups is 4. The first kappa shape index (κ1) is 35.8. The molecule has 3 fully saturated rings. The monoisotopic (exact) mass is 809 g/mol. The molecule has 2 aliphatic heterocycles. The van der Waals surface area contributed by atoms with E-state index in [4.69, 9.17) is 11.6 Å². The molecule has 13 heteroatoms. The van der Waals surface area contributed by atoms with Gasteiger partial charge in [-0.15, -0.1) is 0 Å². The lowest BCUT2D eigenvalue weighted by Crippen LogP contribution is -2.48. The summed E-state index contributed by atoms with van der Waals surface area (Å²) in [6.45, 7) is 1.71. The summed E-state index contributed by atoms with van der Waals surface area (Å²) in [6, 6.07) is 22.9. The third-order valence-electron chi connectivity index (χ3n) is 11.5. The Labute approximate surface area is 324 Å². The number of azo groups is 1. The van der Waals surface area contributed by atoms with E-state index < -0.39 is 58.5 Å². The number of carbonyl (C=O) groups excluding carboxylic acids is 4. The van der Waals surface area contributed by atoms with Gasteiger partial charge in [-0.1, -0.05) is 39.2 Å². The van der Waals surface area contributed by atoms with Crippen molar-refractivity contribution in [1.29, 1.82) is 0 Å². The smallest absolute Gasteiger partial charge is 0.241 e. The molecule has 1 N–H and O–H groups in total. The number of anilines is 3. The Morgan fingerprint density at radius 1 is 0.833 bits per heavy atom. The molecule has 4 aromatic rings. The number of amides is 4. The number of hydrogen-bond acceptors (Lipinski definition) is 8. The van der Waals surface area contributed by atoms with E-state index in [2.05, 4.69) is 26.2 Å². The highest BCUT2D eigenvalue weighted by molar-refractivity contribution is 9.10. The number of halogens is 3. The predicted molar refractivity (Wildman–Crippen MR) is 206 cm³/mol. The molecule has 0 aromatic heterocycles. The van der Waals surface area contributed by atoms with Crippen molar-refractivity contribution in [3.8, 4) is 5.75 Å². The van der Waals surface area contributed by atoms with Gasteiger partial charge in [-0.25, -0.2) is 9.29 Å². The molecule has 4 aliphatic rings. The van der Waals surface area contributed by atoms with Crippen LogP contribution in [0.1, 0.15) is 31.2 Å². The van der Waals surface area contributed by atoms with Crippen LogP contribution in [-0.4, -0.2) is 42.8 Å². The maximum Gasteiger partial charge on any atom is 0.241 e. The van der Waals surface area contributed by atoms with Gasteiger partial charge in [0.1, 0.15) is 11.6 Å². The summed E-state index contributed by atoms with van der Waals surface area (Å²) >= 11 is 9.60. The summed E-state index contributed by atoms with van der Waals surface area (Å²) < 4.78 is 14.8. The molecule has 2 aliphatic carbocycles. The molecule has 6 unspecified atom stereocenters. The highest BCUT2D eigenvalue weighted by Crippen LogP contribution is 2.64. The van der Waals surface area contributed by atoms with Crippen LogP contribution < -0.4 is 14.7 Å². The number of fused-ring (bicyclic) bond motifs is 4. The van der Waals surface area contributed by atoms with Gasteiger partial charge in [-0.2, -0.15) is 10.2 Å². The number of imide groups is 2. The molecular weight excluding hydrogens is 777 g/mol. The second kappa shape index (κ2) is 13.3. The molecule has 2 saturated heterocycles. The largest absolute Gasteiger partial charge is 0.508 e. The Hall–Kier alpha value is -5.20. The van der Waals surface area contributed by atoms with Gasteiger partial charge >= 0.3 is 0 Å². The SMILES string of the molecule is CN(C)c1ccc(N=Nc2ccc(N3C(=O)C4CC=C5C(CC6C(=O)N(c7ccc(F)c(Cl)c7)C(=O)C6(C)C5c5cc(Br)ccc5O)C4C3=O)cc2)cc1. The van der Waals surface area contributed by atoms with Gasteiger partial charge in [0, 0.05) is 35.7 Å². The molecule has 0 bridgehead atoms. The molecule has 0 radical (unpaired) electrons. The molecule has 274 valence electrons. The molecule has 54 heavy (non-hydrogen) atoms. The molecule has 8 rings (SSSR count). The number of hydrogen-bond donors (Lipinski definition) is 1. The van der Waals surface area contributed by atoms with Gasteiger partial charge in [0.15, 0.2) is 0 Å². The number of rotatable bonds is 6. The van der Waals surface area contributed by atoms with Gasteiger partial charge in [-0.3, -0.25) is 24.1 Å². The summed E-state index contributed by atoms with van der Waals surface area (Å²) in [7, 11) is 3.91. The van der Waals surface area contributed by atoms with Crippen LogP contribution >= 0.6 is 27.5 Å². The van der Waals surface area contributed by atoms with Crippen LogP contribution in [0.3, 0.4) is 0 Å². The fourth-order valence-corrected chi connectivity index (χ4v) is 9.40. The third kappa shape index (κ3) is 5.57. The summed E-state index contributed by atoms with van der Waals surface area (Å²) in [5.74, 6) is -6.38. The van der Waals surface area contributed by atoms with Crippen LogP contribution in [0.5, 0.6) is 5.75 Å². The minimum absolute atomic E-state index is 0.0753. The average molecular weight is 811 g/mol. The van der Waals surface area contributed by atoms with Crippen molar-refractivity contribution in [3.05, 3.63) is 117 Å². The molecule has 6 atom stereocenters. The van der Waals surface area contributed by atoms with E-state index >= 15 is 0 Å². The molecule has 4 amide bonds. The molecule has 10 nitrogen and oxygen atoms in total. The zero-order chi connectivity index (χ0) is 38.2. The van der Waals surface area contributed by atoms with Crippen LogP contribution in [0.15, 0.2) is 111 Å². The average Bonchev–Trinajstić information content (AvgIpc) is 3.52. The van der Waals surface area contributed by atoms with Crippen molar-refractivity contribution < 1.29 is 28.7 Å². The van der Waals surface area contributed by atoms with Crippen LogP contribution in [0.2, 0.25) is 5.02 Å². The number of nitrogens with zero attached hydrogens (tertiary/aromatic N) is 5. The topological polar surface area (TPSA) is 123 Å². The fourth-order valence-electron chi connectivity index (χ4n) is 8.84. The Bertz CT molecular complexity index is 2320. The second-order valence-corrected chi connectivity index (χ2v) is 15.9. The van der Waals surface area contributed by atoms with Gasteiger partial charge < -0.3 is 10.0 Å². The predicted octanol–water partition coefficient (Wildman–Crippen LogP) is 8.86. The van der Waals surface area contributed by atoms with E-state index in [1.807, 2.05) is 49.3 Å². The molecule has 4 aromatic carbocycles. The Kier molecular flexibility index (Phi) is 8.80. The van der Waals surface area contributed by atoms with Gasteiger partial charge in [0.25, 0.3) is 0 Å². The van der Waals surface area contributed by atoms with Crippen LogP contribution in [0, 0.1) is 34.9 Å². The number of phenols is 1. The zero-order valence-corrected chi connectivity index (χ0v) is 31.8. The quantitative estimate of drug-likeness (QED) is 0.118. The lowest BCUT2D eigenvalue weighted by Gasteiger charge is -2.49. The van der Waals surface area contributed by atoms with E-state index in [-0.39, 0.29) is 35.2 Å². The maximum atomic E-state index is 14.6. The first-order valence-corrected chi connectivity index (χ1v) is 18.7. The first-order chi connectivity index (χ1) is 25.8. The normalized spacial score (nSPS) is 26.3. The molecule has 0 spiro atoms. The number of aromatic hydroxyl groups is 1. The van der Waals surface area contributed by atoms with Crippen molar-refractivity contribution in [2.24, 2.45) is 39.3 Å². The van der Waals surface area contributed by atoms with Crippen LogP contribution in [-0.2, 0) is 19.2 Å². The summed E-state index contributed by atoms with van der Waals surface area (Å²) in [5, 5.41) is 19.7. The fraction of sp³-hybridized carbons (Fsp3) is 0.268.